The second-order valence-corrected chi connectivity index (χ2v) is 9.52. The number of ketones is 1. The molecule has 0 radical (unpaired) electrons. The zero-order valence-electron chi connectivity index (χ0n) is 20.8. The van der Waals surface area contributed by atoms with Gasteiger partial charge in [-0.25, -0.2) is 0 Å². The van der Waals surface area contributed by atoms with Gasteiger partial charge >= 0.3 is 14.2 Å². The number of hydrogen-bond acceptors (Lipinski definition) is 7. The van der Waals surface area contributed by atoms with E-state index in [1.807, 2.05) is 24.3 Å². The van der Waals surface area contributed by atoms with Gasteiger partial charge in [0.2, 0.25) is 0 Å². The average molecular weight is 512 g/mol. The van der Waals surface area contributed by atoms with Crippen molar-refractivity contribution in [3.63, 3.8) is 0 Å². The molecule has 192 valence electrons. The third-order valence-electron chi connectivity index (χ3n) is 6.65. The molecule has 3 aromatic rings. The first-order chi connectivity index (χ1) is 18.3. The predicted octanol–water partition coefficient (Wildman–Crippen LogP) is 0.283. The largest absolute Gasteiger partial charge is 0.491 e. The van der Waals surface area contributed by atoms with Crippen molar-refractivity contribution in [1.82, 2.24) is 10.2 Å². The lowest BCUT2D eigenvalue weighted by atomic mass is 9.78. The molecule has 0 bridgehead atoms. The molecule has 0 aromatic heterocycles. The fourth-order valence-corrected chi connectivity index (χ4v) is 4.70. The second kappa shape index (κ2) is 10.9. The quantitative estimate of drug-likeness (QED) is 0.371. The van der Waals surface area contributed by atoms with Gasteiger partial charge in [-0.15, -0.1) is 0 Å². The maximum atomic E-state index is 13.3. The lowest BCUT2D eigenvalue weighted by molar-refractivity contribution is -0.117. The Bertz CT molecular complexity index is 1410. The Balaban J connectivity index is 1.27. The molecule has 0 aliphatic carbocycles. The van der Waals surface area contributed by atoms with Gasteiger partial charge in [-0.05, 0) is 64.4 Å². The van der Waals surface area contributed by atoms with Crippen LogP contribution in [0.1, 0.15) is 49.9 Å². The van der Waals surface area contributed by atoms with Crippen LogP contribution < -0.4 is 16.2 Å². The summed E-state index contributed by atoms with van der Waals surface area (Å²) in [7, 11) is -2.09. The van der Waals surface area contributed by atoms with Crippen LogP contribution in [0.4, 0.5) is 0 Å². The molecule has 0 saturated heterocycles. The first-order valence-electron chi connectivity index (χ1n) is 12.3. The second-order valence-electron chi connectivity index (χ2n) is 9.52. The maximum absolute atomic E-state index is 13.3. The molecule has 2 heterocycles. The van der Waals surface area contributed by atoms with Gasteiger partial charge in [-0.3, -0.25) is 14.4 Å². The zero-order valence-corrected chi connectivity index (χ0v) is 20.8. The minimum atomic E-state index is -1.07. The summed E-state index contributed by atoms with van der Waals surface area (Å²) in [5.74, 6) is -0.770. The molecule has 0 unspecified atom stereocenters. The molecule has 0 saturated carbocycles. The molecule has 11 heteroatoms. The SMILES string of the molecule is CC(=O)CN(Cc1cccc(CNC(=O)c2ccc3c(c2)B(O)OC3)c1)C(=O)c1ccc2c(c1)B(O)OC2. The van der Waals surface area contributed by atoms with Crippen LogP contribution in [-0.2, 0) is 40.4 Å². The van der Waals surface area contributed by atoms with E-state index in [1.165, 1.54) is 11.8 Å². The number of fused-ring (bicyclic) bond motifs is 2. The maximum Gasteiger partial charge on any atom is 0.491 e. The lowest BCUT2D eigenvalue weighted by Gasteiger charge is -2.22. The van der Waals surface area contributed by atoms with E-state index in [4.69, 9.17) is 9.31 Å². The van der Waals surface area contributed by atoms with Gasteiger partial charge in [0.05, 0.1) is 19.8 Å². The van der Waals surface area contributed by atoms with E-state index in [1.54, 1.807) is 36.4 Å². The van der Waals surface area contributed by atoms with Crippen molar-refractivity contribution in [1.29, 1.82) is 0 Å². The molecule has 5 rings (SSSR count). The highest BCUT2D eigenvalue weighted by Crippen LogP contribution is 2.16. The van der Waals surface area contributed by atoms with Crippen LogP contribution in [0.5, 0.6) is 0 Å². The number of carbonyl (C=O) groups is 3. The third kappa shape index (κ3) is 5.56. The molecule has 38 heavy (non-hydrogen) atoms. The van der Waals surface area contributed by atoms with Crippen LogP contribution in [0.15, 0.2) is 60.7 Å². The number of nitrogens with one attached hydrogen (secondary N) is 1. The molecule has 3 aromatic carbocycles. The summed E-state index contributed by atoms with van der Waals surface area (Å²) in [4.78, 5) is 39.5. The van der Waals surface area contributed by atoms with Crippen LogP contribution in [0.3, 0.4) is 0 Å². The van der Waals surface area contributed by atoms with Crippen LogP contribution in [0, 0.1) is 0 Å². The molecule has 9 nitrogen and oxygen atoms in total. The van der Waals surface area contributed by atoms with Crippen molar-refractivity contribution in [2.45, 2.75) is 33.2 Å². The number of benzene rings is 3. The van der Waals surface area contributed by atoms with E-state index in [-0.39, 0.29) is 43.8 Å². The Morgan fingerprint density at radius 1 is 0.868 bits per heavy atom. The van der Waals surface area contributed by atoms with E-state index in [9.17, 15) is 24.4 Å². The topological polar surface area (TPSA) is 125 Å². The highest BCUT2D eigenvalue weighted by atomic mass is 16.5. The standard InChI is InChI=1S/C27H26B2N2O7/c1-17(32)13-31(27(34)21-6-8-23-16-38-29(36)25(23)11-21)14-19-4-2-3-18(9-19)12-30-26(33)20-5-7-22-15-37-28(35)24(22)10-20/h2-11,35-36H,12-16H2,1H3,(H,30,33). The van der Waals surface area contributed by atoms with E-state index in [2.05, 4.69) is 5.32 Å². The summed E-state index contributed by atoms with van der Waals surface area (Å²) in [6, 6.07) is 17.6. The van der Waals surface area contributed by atoms with Crippen LogP contribution in [0.2, 0.25) is 0 Å². The van der Waals surface area contributed by atoms with Crippen molar-refractivity contribution in [2.75, 3.05) is 6.54 Å². The van der Waals surface area contributed by atoms with Gasteiger partial charge in [0.1, 0.15) is 5.78 Å². The summed E-state index contributed by atoms with van der Waals surface area (Å²) in [6.45, 7) is 2.41. The molecule has 0 spiro atoms. The van der Waals surface area contributed by atoms with Gasteiger partial charge in [-0.2, -0.15) is 0 Å². The van der Waals surface area contributed by atoms with Crippen LogP contribution in [-0.4, -0.2) is 53.3 Å². The Morgan fingerprint density at radius 3 is 2.13 bits per heavy atom. The molecule has 0 atom stereocenters. The van der Waals surface area contributed by atoms with Crippen molar-refractivity contribution >= 4 is 42.8 Å². The van der Waals surface area contributed by atoms with Crippen molar-refractivity contribution < 1.29 is 33.7 Å². The molecule has 3 N–H and O–H groups in total. The number of hydrogen-bond donors (Lipinski definition) is 3. The van der Waals surface area contributed by atoms with E-state index in [0.29, 0.717) is 28.7 Å². The minimum absolute atomic E-state index is 0.0656. The van der Waals surface area contributed by atoms with E-state index >= 15 is 0 Å². The fraction of sp³-hybridized carbons (Fsp3) is 0.222. The van der Waals surface area contributed by atoms with Gasteiger partial charge < -0.3 is 29.6 Å². The first kappa shape index (κ1) is 25.9. The molecule has 2 amide bonds. The first-order valence-corrected chi connectivity index (χ1v) is 12.3. The van der Waals surface area contributed by atoms with Crippen LogP contribution >= 0.6 is 0 Å². The van der Waals surface area contributed by atoms with Crippen molar-refractivity contribution in [2.24, 2.45) is 0 Å². The number of rotatable bonds is 8. The summed E-state index contributed by atoms with van der Waals surface area (Å²) in [6.07, 6.45) is 0. The summed E-state index contributed by atoms with van der Waals surface area (Å²) < 4.78 is 10.4. The predicted molar refractivity (Wildman–Crippen MR) is 141 cm³/mol. The number of nitrogens with zero attached hydrogens (tertiary/aromatic N) is 1. The summed E-state index contributed by atoms with van der Waals surface area (Å²) >= 11 is 0. The number of Topliss-reactive ketones (excluding diaryl/α,β-unsaturated/α-hetero) is 1. The van der Waals surface area contributed by atoms with Crippen LogP contribution in [0.25, 0.3) is 0 Å². The average Bonchev–Trinajstić information content (AvgIpc) is 3.48. The van der Waals surface area contributed by atoms with Gasteiger partial charge in [-0.1, -0.05) is 36.4 Å². The van der Waals surface area contributed by atoms with Gasteiger partial charge in [0, 0.05) is 24.2 Å². The number of carbonyl (C=O) groups excluding carboxylic acids is 3. The van der Waals surface area contributed by atoms with E-state index in [0.717, 1.165) is 22.3 Å². The highest BCUT2D eigenvalue weighted by Gasteiger charge is 2.29. The lowest BCUT2D eigenvalue weighted by Crippen LogP contribution is -2.36. The third-order valence-corrected chi connectivity index (χ3v) is 6.65. The molecular formula is C27H26B2N2O7. The molecule has 2 aliphatic rings. The van der Waals surface area contributed by atoms with E-state index < -0.39 is 14.2 Å². The Labute approximate surface area is 220 Å². The fourth-order valence-electron chi connectivity index (χ4n) is 4.70. The van der Waals surface area contributed by atoms with Crippen molar-refractivity contribution in [3.05, 3.63) is 94.0 Å². The molecule has 0 fully saturated rings. The molecular weight excluding hydrogens is 486 g/mol. The summed E-state index contributed by atoms with van der Waals surface area (Å²) in [5.41, 5.74) is 5.25. The Hall–Kier alpha value is -3.76. The number of amides is 2. The van der Waals surface area contributed by atoms with Gasteiger partial charge in [0.15, 0.2) is 0 Å². The highest BCUT2D eigenvalue weighted by molar-refractivity contribution is 6.62. The summed E-state index contributed by atoms with van der Waals surface area (Å²) in [5, 5.41) is 22.8. The normalized spacial score (nSPS) is 13.8. The Morgan fingerprint density at radius 2 is 1.47 bits per heavy atom. The molecule has 2 aliphatic heterocycles. The Kier molecular flexibility index (Phi) is 7.44. The van der Waals surface area contributed by atoms with Crippen molar-refractivity contribution in [3.8, 4) is 0 Å². The zero-order chi connectivity index (χ0) is 26.8. The van der Waals surface area contributed by atoms with Gasteiger partial charge in [0.25, 0.3) is 11.8 Å². The minimum Gasteiger partial charge on any atom is -0.423 e. The smallest absolute Gasteiger partial charge is 0.423 e. The monoisotopic (exact) mass is 512 g/mol.